The summed E-state index contributed by atoms with van der Waals surface area (Å²) < 4.78 is 18.4. The fourth-order valence-electron chi connectivity index (χ4n) is 1.67. The Bertz CT molecular complexity index is 683. The fraction of sp³-hybridized carbons (Fsp3) is 0.0667. The van der Waals surface area contributed by atoms with E-state index in [1.807, 2.05) is 0 Å². The number of esters is 1. The number of halogens is 1. The molecule has 0 bridgehead atoms. The van der Waals surface area contributed by atoms with Crippen LogP contribution in [0.2, 0.25) is 0 Å². The Morgan fingerprint density at radius 1 is 1.14 bits per heavy atom. The maximum absolute atomic E-state index is 13.5. The zero-order chi connectivity index (χ0) is 15.4. The lowest BCUT2D eigenvalue weighted by atomic mass is 10.1. The van der Waals surface area contributed by atoms with E-state index in [0.717, 1.165) is 6.07 Å². The molecule has 0 saturated heterocycles. The van der Waals surface area contributed by atoms with E-state index in [1.165, 1.54) is 36.4 Å². The lowest BCUT2D eigenvalue weighted by Crippen LogP contribution is -2.08. The number of aromatic carboxylic acids is 1. The lowest BCUT2D eigenvalue weighted by molar-refractivity contribution is 0.0466. The molecule has 5 nitrogen and oxygen atoms in total. The smallest absolute Gasteiger partial charge is 0.341 e. The number of carbonyl (C=O) groups excluding carboxylic acids is 1. The molecule has 3 N–H and O–H groups in total. The third-order valence-corrected chi connectivity index (χ3v) is 2.78. The highest BCUT2D eigenvalue weighted by molar-refractivity contribution is 5.90. The van der Waals surface area contributed by atoms with Crippen molar-refractivity contribution in [2.24, 2.45) is 0 Å². The van der Waals surface area contributed by atoms with Crippen LogP contribution in [0.4, 0.5) is 10.1 Å². The molecule has 0 amide bonds. The molecule has 2 aromatic carbocycles. The van der Waals surface area contributed by atoms with Crippen molar-refractivity contribution in [3.8, 4) is 0 Å². The lowest BCUT2D eigenvalue weighted by Gasteiger charge is -2.07. The minimum absolute atomic E-state index is 0.0903. The van der Waals surface area contributed by atoms with Crippen LogP contribution in [0.5, 0.6) is 0 Å². The summed E-state index contributed by atoms with van der Waals surface area (Å²) in [5.41, 5.74) is 6.23. The van der Waals surface area contributed by atoms with Crippen molar-refractivity contribution in [2.75, 3.05) is 5.73 Å². The van der Waals surface area contributed by atoms with Crippen molar-refractivity contribution in [1.82, 2.24) is 0 Å². The number of ether oxygens (including phenoxy) is 1. The standard InChI is InChI=1S/C15H12FNO4/c16-13-6-5-11(17)7-12(13)15(20)21-8-9-1-3-10(4-2-9)14(18)19/h1-7H,8,17H2,(H,18,19). The highest BCUT2D eigenvalue weighted by Gasteiger charge is 2.13. The van der Waals surface area contributed by atoms with E-state index in [1.54, 1.807) is 0 Å². The summed E-state index contributed by atoms with van der Waals surface area (Å²) >= 11 is 0. The molecule has 0 radical (unpaired) electrons. The van der Waals surface area contributed by atoms with Crippen LogP contribution < -0.4 is 5.73 Å². The molecule has 0 unspecified atom stereocenters. The summed E-state index contributed by atoms with van der Waals surface area (Å²) in [4.78, 5) is 22.4. The van der Waals surface area contributed by atoms with Crippen molar-refractivity contribution in [1.29, 1.82) is 0 Å². The van der Waals surface area contributed by atoms with Crippen LogP contribution >= 0.6 is 0 Å². The molecule has 0 aromatic heterocycles. The summed E-state index contributed by atoms with van der Waals surface area (Å²) in [5.74, 6) is -2.59. The maximum Gasteiger partial charge on any atom is 0.341 e. The van der Waals surface area contributed by atoms with Gasteiger partial charge in [-0.3, -0.25) is 0 Å². The molecule has 0 spiro atoms. The van der Waals surface area contributed by atoms with Gasteiger partial charge in [-0.1, -0.05) is 12.1 Å². The van der Waals surface area contributed by atoms with E-state index in [2.05, 4.69) is 0 Å². The molecule has 2 rings (SSSR count). The number of benzene rings is 2. The zero-order valence-corrected chi connectivity index (χ0v) is 10.9. The van der Waals surface area contributed by atoms with Crippen LogP contribution in [-0.4, -0.2) is 17.0 Å². The molecular formula is C15H12FNO4. The van der Waals surface area contributed by atoms with Crippen LogP contribution in [0.1, 0.15) is 26.3 Å². The molecule has 0 aliphatic rings. The van der Waals surface area contributed by atoms with Gasteiger partial charge < -0.3 is 15.6 Å². The monoisotopic (exact) mass is 289 g/mol. The minimum atomic E-state index is -1.04. The van der Waals surface area contributed by atoms with Crippen LogP contribution in [0, 0.1) is 5.82 Å². The summed E-state index contributed by atoms with van der Waals surface area (Å²) in [6, 6.07) is 9.47. The number of carboxylic acid groups (broad SMARTS) is 1. The fourth-order valence-corrected chi connectivity index (χ4v) is 1.67. The molecular weight excluding hydrogens is 277 g/mol. The van der Waals surface area contributed by atoms with Gasteiger partial charge in [0.1, 0.15) is 12.4 Å². The third kappa shape index (κ3) is 3.56. The van der Waals surface area contributed by atoms with E-state index in [4.69, 9.17) is 15.6 Å². The second-order valence-electron chi connectivity index (χ2n) is 4.32. The van der Waals surface area contributed by atoms with Gasteiger partial charge in [-0.05, 0) is 35.9 Å². The van der Waals surface area contributed by atoms with Crippen LogP contribution in [0.3, 0.4) is 0 Å². The Hall–Kier alpha value is -2.89. The third-order valence-electron chi connectivity index (χ3n) is 2.78. The predicted octanol–water partition coefficient (Wildman–Crippen LogP) is 2.46. The predicted molar refractivity (Wildman–Crippen MR) is 73.3 cm³/mol. The van der Waals surface area contributed by atoms with Crippen molar-refractivity contribution in [2.45, 2.75) is 6.61 Å². The highest BCUT2D eigenvalue weighted by Crippen LogP contribution is 2.14. The van der Waals surface area contributed by atoms with Gasteiger partial charge in [-0.25, -0.2) is 14.0 Å². The SMILES string of the molecule is Nc1ccc(F)c(C(=O)OCc2ccc(C(=O)O)cc2)c1. The molecule has 0 fully saturated rings. The zero-order valence-electron chi connectivity index (χ0n) is 10.9. The first-order chi connectivity index (χ1) is 9.97. The Labute approximate surface area is 119 Å². The molecule has 108 valence electrons. The first-order valence-corrected chi connectivity index (χ1v) is 6.02. The van der Waals surface area contributed by atoms with Gasteiger partial charge >= 0.3 is 11.9 Å². The molecule has 6 heteroatoms. The summed E-state index contributed by atoms with van der Waals surface area (Å²) in [6.07, 6.45) is 0. The van der Waals surface area contributed by atoms with Gasteiger partial charge in [0.25, 0.3) is 0 Å². The average Bonchev–Trinajstić information content (AvgIpc) is 2.47. The Kier molecular flexibility index (Phi) is 4.18. The van der Waals surface area contributed by atoms with Gasteiger partial charge in [0.05, 0.1) is 11.1 Å². The molecule has 0 atom stereocenters. The summed E-state index contributed by atoms with van der Waals surface area (Å²) in [7, 11) is 0. The Morgan fingerprint density at radius 3 is 2.43 bits per heavy atom. The molecule has 0 aliphatic carbocycles. The van der Waals surface area contributed by atoms with Gasteiger partial charge in [-0.15, -0.1) is 0 Å². The number of carbonyl (C=O) groups is 2. The van der Waals surface area contributed by atoms with E-state index in [-0.39, 0.29) is 23.4 Å². The number of hydrogen-bond donors (Lipinski definition) is 2. The number of nitrogen functional groups attached to an aromatic ring is 1. The first-order valence-electron chi connectivity index (χ1n) is 6.02. The molecule has 0 aliphatic heterocycles. The van der Waals surface area contributed by atoms with Crippen molar-refractivity contribution >= 4 is 17.6 Å². The highest BCUT2D eigenvalue weighted by atomic mass is 19.1. The van der Waals surface area contributed by atoms with Crippen molar-refractivity contribution in [3.05, 3.63) is 65.0 Å². The van der Waals surface area contributed by atoms with E-state index >= 15 is 0 Å². The first kappa shape index (κ1) is 14.5. The molecule has 21 heavy (non-hydrogen) atoms. The molecule has 2 aromatic rings. The van der Waals surface area contributed by atoms with E-state index in [9.17, 15) is 14.0 Å². The van der Waals surface area contributed by atoms with Crippen molar-refractivity contribution < 1.29 is 23.8 Å². The second-order valence-corrected chi connectivity index (χ2v) is 4.32. The normalized spacial score (nSPS) is 10.1. The van der Waals surface area contributed by atoms with Gasteiger partial charge in [0.2, 0.25) is 0 Å². The van der Waals surface area contributed by atoms with E-state index < -0.39 is 17.8 Å². The van der Waals surface area contributed by atoms with Crippen LogP contribution in [0.15, 0.2) is 42.5 Å². The number of anilines is 1. The number of nitrogens with two attached hydrogens (primary N) is 1. The van der Waals surface area contributed by atoms with E-state index in [0.29, 0.717) is 5.56 Å². The number of rotatable bonds is 4. The van der Waals surface area contributed by atoms with Gasteiger partial charge in [0, 0.05) is 5.69 Å². The quantitative estimate of drug-likeness (QED) is 0.666. The number of carboxylic acids is 1. The maximum atomic E-state index is 13.5. The Morgan fingerprint density at radius 2 is 1.81 bits per heavy atom. The largest absolute Gasteiger partial charge is 0.478 e. The average molecular weight is 289 g/mol. The van der Waals surface area contributed by atoms with Gasteiger partial charge in [0.15, 0.2) is 0 Å². The number of hydrogen-bond acceptors (Lipinski definition) is 4. The van der Waals surface area contributed by atoms with Crippen LogP contribution in [0.25, 0.3) is 0 Å². The Balaban J connectivity index is 2.04. The minimum Gasteiger partial charge on any atom is -0.478 e. The van der Waals surface area contributed by atoms with Crippen LogP contribution in [-0.2, 0) is 11.3 Å². The summed E-state index contributed by atoms with van der Waals surface area (Å²) in [6.45, 7) is -0.0903. The van der Waals surface area contributed by atoms with Crippen molar-refractivity contribution in [3.63, 3.8) is 0 Å². The topological polar surface area (TPSA) is 89.6 Å². The van der Waals surface area contributed by atoms with Gasteiger partial charge in [-0.2, -0.15) is 0 Å². The molecule has 0 saturated carbocycles. The second kappa shape index (κ2) is 6.04. The molecule has 0 heterocycles. The summed E-state index contributed by atoms with van der Waals surface area (Å²) in [5, 5.41) is 8.76.